The first kappa shape index (κ1) is 28.6. The quantitative estimate of drug-likeness (QED) is 0.375. The van der Waals surface area contributed by atoms with E-state index in [1.54, 1.807) is 18.2 Å². The smallest absolute Gasteiger partial charge is 0.416 e. The topological polar surface area (TPSA) is 99.7 Å². The first-order valence-electron chi connectivity index (χ1n) is 11.4. The van der Waals surface area contributed by atoms with Crippen LogP contribution in [0.1, 0.15) is 55.0 Å². The SMILES string of the molecule is CC(=O)N(Cc1cc(C(F)(F)F)cc(C(F)(F)F)c1)C1CCCN(C(=O)OC(C)C#N)c2c(N)cccc21. The highest BCUT2D eigenvalue weighted by Gasteiger charge is 2.38. The number of amides is 2. The van der Waals surface area contributed by atoms with Crippen LogP contribution < -0.4 is 10.6 Å². The Labute approximate surface area is 214 Å². The van der Waals surface area contributed by atoms with Crippen molar-refractivity contribution in [3.63, 3.8) is 0 Å². The van der Waals surface area contributed by atoms with Gasteiger partial charge in [0.25, 0.3) is 0 Å². The average Bonchev–Trinajstić information content (AvgIpc) is 3.01. The van der Waals surface area contributed by atoms with Gasteiger partial charge in [0, 0.05) is 25.6 Å². The summed E-state index contributed by atoms with van der Waals surface area (Å²) in [4.78, 5) is 27.9. The molecule has 2 aromatic carbocycles. The van der Waals surface area contributed by atoms with Crippen LogP contribution >= 0.6 is 0 Å². The number of fused-ring (bicyclic) bond motifs is 1. The number of nitrogens with zero attached hydrogens (tertiary/aromatic N) is 3. The number of halogens is 6. The monoisotopic (exact) mass is 542 g/mol. The van der Waals surface area contributed by atoms with Crippen LogP contribution in [0.2, 0.25) is 0 Å². The molecular weight excluding hydrogens is 518 g/mol. The van der Waals surface area contributed by atoms with E-state index in [0.29, 0.717) is 17.7 Å². The van der Waals surface area contributed by atoms with E-state index in [-0.39, 0.29) is 42.4 Å². The molecule has 0 fully saturated rings. The van der Waals surface area contributed by atoms with E-state index in [0.717, 1.165) is 11.8 Å². The molecule has 3 rings (SSSR count). The van der Waals surface area contributed by atoms with E-state index in [9.17, 15) is 35.9 Å². The molecule has 38 heavy (non-hydrogen) atoms. The second-order valence-corrected chi connectivity index (χ2v) is 8.81. The molecule has 0 aliphatic carbocycles. The normalized spacial score (nSPS) is 16.6. The van der Waals surface area contributed by atoms with Crippen molar-refractivity contribution in [3.8, 4) is 6.07 Å². The molecule has 1 heterocycles. The summed E-state index contributed by atoms with van der Waals surface area (Å²) in [6, 6.07) is 6.74. The molecule has 1 aliphatic rings. The number of carbonyl (C=O) groups excluding carboxylic acids is 2. The maximum Gasteiger partial charge on any atom is 0.416 e. The number of para-hydroxylation sites is 1. The number of benzene rings is 2. The Bertz CT molecular complexity index is 1220. The summed E-state index contributed by atoms with van der Waals surface area (Å²) in [7, 11) is 0. The molecule has 7 nitrogen and oxygen atoms in total. The summed E-state index contributed by atoms with van der Waals surface area (Å²) < 4.78 is 85.4. The summed E-state index contributed by atoms with van der Waals surface area (Å²) >= 11 is 0. The molecule has 0 aromatic heterocycles. The molecule has 2 atom stereocenters. The second kappa shape index (κ2) is 10.8. The van der Waals surface area contributed by atoms with E-state index in [4.69, 9.17) is 15.7 Å². The predicted molar refractivity (Wildman–Crippen MR) is 124 cm³/mol. The van der Waals surface area contributed by atoms with Crippen molar-refractivity contribution >= 4 is 23.4 Å². The zero-order valence-corrected chi connectivity index (χ0v) is 20.4. The third-order valence-electron chi connectivity index (χ3n) is 6.05. The van der Waals surface area contributed by atoms with Gasteiger partial charge < -0.3 is 15.4 Å². The van der Waals surface area contributed by atoms with Gasteiger partial charge in [-0.25, -0.2) is 4.79 Å². The van der Waals surface area contributed by atoms with Gasteiger partial charge in [-0.15, -0.1) is 0 Å². The van der Waals surface area contributed by atoms with Crippen LogP contribution in [-0.4, -0.2) is 29.5 Å². The Morgan fingerprint density at radius 2 is 1.76 bits per heavy atom. The van der Waals surface area contributed by atoms with Gasteiger partial charge in [-0.3, -0.25) is 9.69 Å². The number of carbonyl (C=O) groups is 2. The van der Waals surface area contributed by atoms with Gasteiger partial charge in [-0.2, -0.15) is 31.6 Å². The van der Waals surface area contributed by atoms with Crippen molar-refractivity contribution in [1.29, 1.82) is 5.26 Å². The van der Waals surface area contributed by atoms with Crippen molar-refractivity contribution in [2.45, 2.75) is 57.7 Å². The van der Waals surface area contributed by atoms with E-state index in [1.807, 2.05) is 0 Å². The molecule has 2 unspecified atom stereocenters. The van der Waals surface area contributed by atoms with Crippen molar-refractivity contribution in [1.82, 2.24) is 4.90 Å². The summed E-state index contributed by atoms with van der Waals surface area (Å²) in [5.41, 5.74) is 3.51. The minimum Gasteiger partial charge on any atom is -0.431 e. The van der Waals surface area contributed by atoms with Gasteiger partial charge in [0.15, 0.2) is 6.10 Å². The first-order chi connectivity index (χ1) is 17.6. The second-order valence-electron chi connectivity index (χ2n) is 8.81. The fraction of sp³-hybridized carbons (Fsp3) is 0.400. The van der Waals surface area contributed by atoms with Crippen molar-refractivity contribution < 1.29 is 40.7 Å². The van der Waals surface area contributed by atoms with E-state index < -0.39 is 54.2 Å². The highest BCUT2D eigenvalue weighted by atomic mass is 19.4. The van der Waals surface area contributed by atoms with Crippen LogP contribution in [0.15, 0.2) is 36.4 Å². The predicted octanol–water partition coefficient (Wildman–Crippen LogP) is 6.05. The lowest BCUT2D eigenvalue weighted by Crippen LogP contribution is -2.35. The van der Waals surface area contributed by atoms with Crippen LogP contribution in [0, 0.1) is 11.3 Å². The Morgan fingerprint density at radius 1 is 1.16 bits per heavy atom. The summed E-state index contributed by atoms with van der Waals surface area (Å²) in [6.45, 7) is 2.05. The third kappa shape index (κ3) is 6.30. The number of hydrogen-bond donors (Lipinski definition) is 1. The number of rotatable bonds is 4. The molecule has 1 aliphatic heterocycles. The Balaban J connectivity index is 2.08. The number of hydrogen-bond acceptors (Lipinski definition) is 5. The fourth-order valence-electron chi connectivity index (χ4n) is 4.37. The van der Waals surface area contributed by atoms with Crippen LogP contribution in [0.5, 0.6) is 0 Å². The molecular formula is C25H24F6N4O3. The Kier molecular flexibility index (Phi) is 8.14. The van der Waals surface area contributed by atoms with Crippen LogP contribution in [0.4, 0.5) is 42.5 Å². The van der Waals surface area contributed by atoms with Crippen LogP contribution in [0.25, 0.3) is 0 Å². The molecule has 2 amide bonds. The molecule has 204 valence electrons. The first-order valence-corrected chi connectivity index (χ1v) is 11.4. The highest BCUT2D eigenvalue weighted by Crippen LogP contribution is 2.42. The van der Waals surface area contributed by atoms with Gasteiger partial charge >= 0.3 is 18.4 Å². The number of nitrogens with two attached hydrogens (primary N) is 1. The van der Waals surface area contributed by atoms with Crippen LogP contribution in [0.3, 0.4) is 0 Å². The van der Waals surface area contributed by atoms with Gasteiger partial charge in [0.2, 0.25) is 5.91 Å². The highest BCUT2D eigenvalue weighted by molar-refractivity contribution is 5.94. The maximum atomic E-state index is 13.4. The zero-order chi connectivity index (χ0) is 28.4. The molecule has 2 aromatic rings. The lowest BCUT2D eigenvalue weighted by molar-refractivity contribution is -0.143. The number of nitriles is 1. The average molecular weight is 542 g/mol. The summed E-state index contributed by atoms with van der Waals surface area (Å²) in [6.07, 6.45) is -11.5. The minimum atomic E-state index is -5.04. The Hall–Kier alpha value is -3.95. The van der Waals surface area contributed by atoms with Gasteiger partial charge in [0.05, 0.1) is 28.5 Å². The molecule has 0 radical (unpaired) electrons. The summed E-state index contributed by atoms with van der Waals surface area (Å²) in [5.74, 6) is -0.608. The third-order valence-corrected chi connectivity index (χ3v) is 6.05. The Morgan fingerprint density at radius 3 is 2.29 bits per heavy atom. The number of anilines is 2. The van der Waals surface area contributed by atoms with Crippen molar-refractivity contribution in [2.24, 2.45) is 0 Å². The van der Waals surface area contributed by atoms with Crippen LogP contribution in [-0.2, 0) is 28.4 Å². The standard InChI is InChI=1S/C25H24F6N4O3/c1-14(12-32)38-23(37)34-8-4-7-21(19-5-3-6-20(33)22(19)34)35(15(2)36)13-16-9-17(24(26,27)28)11-18(10-16)25(29,30)31/h3,5-6,9-11,14,21H,4,7-8,13,33H2,1-2H3. The summed E-state index contributed by atoms with van der Waals surface area (Å²) in [5, 5.41) is 8.99. The van der Waals surface area contributed by atoms with E-state index >= 15 is 0 Å². The fourth-order valence-corrected chi connectivity index (χ4v) is 4.37. The van der Waals surface area contributed by atoms with Crippen molar-refractivity contribution in [2.75, 3.05) is 17.2 Å². The minimum absolute atomic E-state index is 0.0228. The number of ether oxygens (including phenoxy) is 1. The van der Waals surface area contributed by atoms with Gasteiger partial charge in [0.1, 0.15) is 6.07 Å². The number of nitrogen functional groups attached to an aromatic ring is 1. The zero-order valence-electron chi connectivity index (χ0n) is 20.4. The molecule has 13 heteroatoms. The molecule has 0 saturated carbocycles. The molecule has 0 saturated heterocycles. The number of alkyl halides is 6. The molecule has 0 bridgehead atoms. The van der Waals surface area contributed by atoms with Gasteiger partial charge in [-0.1, -0.05) is 12.1 Å². The van der Waals surface area contributed by atoms with Gasteiger partial charge in [-0.05, 0) is 49.6 Å². The maximum absolute atomic E-state index is 13.4. The molecule has 0 spiro atoms. The van der Waals surface area contributed by atoms with E-state index in [2.05, 4.69) is 0 Å². The lowest BCUT2D eigenvalue weighted by Gasteiger charge is -2.33. The van der Waals surface area contributed by atoms with Crippen molar-refractivity contribution in [3.05, 3.63) is 58.7 Å². The lowest BCUT2D eigenvalue weighted by atomic mass is 9.97. The molecule has 2 N–H and O–H groups in total. The van der Waals surface area contributed by atoms with E-state index in [1.165, 1.54) is 17.9 Å². The largest absolute Gasteiger partial charge is 0.431 e.